The van der Waals surface area contributed by atoms with Crippen molar-refractivity contribution >= 4 is 17.3 Å². The largest absolute Gasteiger partial charge is 0.359 e. The van der Waals surface area contributed by atoms with Gasteiger partial charge in [0.1, 0.15) is 0 Å². The molecular formula is C18H20N2O. The SMILES string of the molecule is C[C@@H]1Cc2ccccc2N1CC(=O)N(C)c1ccccc1. The molecule has 21 heavy (non-hydrogen) atoms. The van der Waals surface area contributed by atoms with Crippen molar-refractivity contribution < 1.29 is 4.79 Å². The molecule has 1 atom stereocenters. The summed E-state index contributed by atoms with van der Waals surface area (Å²) in [5.41, 5.74) is 3.46. The summed E-state index contributed by atoms with van der Waals surface area (Å²) in [4.78, 5) is 16.5. The molecule has 0 unspecified atom stereocenters. The third kappa shape index (κ3) is 2.64. The van der Waals surface area contributed by atoms with Crippen molar-refractivity contribution in [3.05, 3.63) is 60.2 Å². The highest BCUT2D eigenvalue weighted by molar-refractivity contribution is 5.96. The van der Waals surface area contributed by atoms with Gasteiger partial charge in [0, 0.05) is 24.5 Å². The molecule has 0 saturated heterocycles. The summed E-state index contributed by atoms with van der Waals surface area (Å²) in [7, 11) is 1.84. The molecule has 0 bridgehead atoms. The van der Waals surface area contributed by atoms with E-state index in [1.54, 1.807) is 4.90 Å². The second kappa shape index (κ2) is 5.60. The molecule has 1 heterocycles. The summed E-state index contributed by atoms with van der Waals surface area (Å²) in [5, 5.41) is 0. The molecule has 3 nitrogen and oxygen atoms in total. The van der Waals surface area contributed by atoms with Crippen LogP contribution in [0.1, 0.15) is 12.5 Å². The number of fused-ring (bicyclic) bond motifs is 1. The Morgan fingerprint density at radius 2 is 1.81 bits per heavy atom. The summed E-state index contributed by atoms with van der Waals surface area (Å²) in [5.74, 6) is 0.116. The topological polar surface area (TPSA) is 23.6 Å². The number of nitrogens with zero attached hydrogens (tertiary/aromatic N) is 2. The quantitative estimate of drug-likeness (QED) is 0.862. The number of carbonyl (C=O) groups is 1. The highest BCUT2D eigenvalue weighted by Crippen LogP contribution is 2.31. The van der Waals surface area contributed by atoms with Gasteiger partial charge in [0.25, 0.3) is 0 Å². The molecule has 0 fully saturated rings. The number of anilines is 2. The van der Waals surface area contributed by atoms with Crippen molar-refractivity contribution in [2.75, 3.05) is 23.4 Å². The van der Waals surface area contributed by atoms with Crippen molar-refractivity contribution in [2.24, 2.45) is 0 Å². The fourth-order valence-electron chi connectivity index (χ4n) is 2.92. The van der Waals surface area contributed by atoms with Crippen molar-refractivity contribution in [2.45, 2.75) is 19.4 Å². The molecule has 0 aromatic heterocycles. The molecule has 0 radical (unpaired) electrons. The Bertz CT molecular complexity index is 639. The van der Waals surface area contributed by atoms with Crippen LogP contribution in [-0.2, 0) is 11.2 Å². The van der Waals surface area contributed by atoms with Gasteiger partial charge >= 0.3 is 0 Å². The lowest BCUT2D eigenvalue weighted by molar-refractivity contribution is -0.117. The average molecular weight is 280 g/mol. The number of carbonyl (C=O) groups excluding carboxylic acids is 1. The Balaban J connectivity index is 1.76. The lowest BCUT2D eigenvalue weighted by atomic mass is 10.1. The zero-order chi connectivity index (χ0) is 14.8. The Hall–Kier alpha value is -2.29. The predicted octanol–water partition coefficient (Wildman–Crippen LogP) is 3.10. The minimum Gasteiger partial charge on any atom is -0.359 e. The van der Waals surface area contributed by atoms with Crippen LogP contribution in [0, 0.1) is 0 Å². The van der Waals surface area contributed by atoms with E-state index in [1.807, 2.05) is 43.4 Å². The van der Waals surface area contributed by atoms with E-state index >= 15 is 0 Å². The van der Waals surface area contributed by atoms with Gasteiger partial charge in [0.15, 0.2) is 0 Å². The first-order valence-corrected chi connectivity index (χ1v) is 7.33. The summed E-state index contributed by atoms with van der Waals surface area (Å²) in [6, 6.07) is 18.5. The number of hydrogen-bond acceptors (Lipinski definition) is 2. The summed E-state index contributed by atoms with van der Waals surface area (Å²) < 4.78 is 0. The lowest BCUT2D eigenvalue weighted by Crippen LogP contribution is -2.41. The second-order valence-electron chi connectivity index (χ2n) is 5.60. The molecule has 1 aliphatic heterocycles. The van der Waals surface area contributed by atoms with Crippen LogP contribution in [0.5, 0.6) is 0 Å². The van der Waals surface area contributed by atoms with Gasteiger partial charge in [-0.15, -0.1) is 0 Å². The van der Waals surface area contributed by atoms with E-state index in [0.717, 1.165) is 12.1 Å². The van der Waals surface area contributed by atoms with Gasteiger partial charge in [0.2, 0.25) is 5.91 Å². The summed E-state index contributed by atoms with van der Waals surface area (Å²) >= 11 is 0. The first kappa shape index (κ1) is 13.7. The highest BCUT2D eigenvalue weighted by atomic mass is 16.2. The van der Waals surface area contributed by atoms with Gasteiger partial charge in [-0.2, -0.15) is 0 Å². The summed E-state index contributed by atoms with van der Waals surface area (Å²) in [6.07, 6.45) is 1.01. The molecule has 3 rings (SSSR count). The zero-order valence-corrected chi connectivity index (χ0v) is 12.5. The first-order valence-electron chi connectivity index (χ1n) is 7.33. The minimum atomic E-state index is 0.116. The molecule has 2 aromatic rings. The third-order valence-corrected chi connectivity index (χ3v) is 4.17. The molecule has 0 spiro atoms. The normalized spacial score (nSPS) is 16.7. The molecule has 1 amide bonds. The monoisotopic (exact) mass is 280 g/mol. The third-order valence-electron chi connectivity index (χ3n) is 4.17. The van der Waals surface area contributed by atoms with Gasteiger partial charge in [-0.3, -0.25) is 4.79 Å². The van der Waals surface area contributed by atoms with Crippen LogP contribution in [0.2, 0.25) is 0 Å². The number of amides is 1. The number of likely N-dealkylation sites (N-methyl/N-ethyl adjacent to an activating group) is 1. The molecule has 2 aromatic carbocycles. The standard InChI is InChI=1S/C18H20N2O/c1-14-12-15-8-6-7-11-17(15)20(14)13-18(21)19(2)16-9-4-3-5-10-16/h3-11,14H,12-13H2,1-2H3/t14-/m1/s1. The fraction of sp³-hybridized carbons (Fsp3) is 0.278. The number of benzene rings is 2. The molecule has 1 aliphatic rings. The lowest BCUT2D eigenvalue weighted by Gasteiger charge is -2.27. The van der Waals surface area contributed by atoms with Crippen LogP contribution in [0.15, 0.2) is 54.6 Å². The van der Waals surface area contributed by atoms with Crippen LogP contribution in [0.4, 0.5) is 11.4 Å². The zero-order valence-electron chi connectivity index (χ0n) is 12.5. The maximum atomic E-state index is 12.5. The second-order valence-corrected chi connectivity index (χ2v) is 5.60. The number of para-hydroxylation sites is 2. The molecule has 3 heteroatoms. The highest BCUT2D eigenvalue weighted by Gasteiger charge is 2.28. The van der Waals surface area contributed by atoms with Gasteiger partial charge in [0.05, 0.1) is 6.54 Å². The van der Waals surface area contributed by atoms with Crippen LogP contribution < -0.4 is 9.80 Å². The van der Waals surface area contributed by atoms with Crippen LogP contribution in [-0.4, -0.2) is 25.5 Å². The maximum Gasteiger partial charge on any atom is 0.246 e. The van der Waals surface area contributed by atoms with Crippen molar-refractivity contribution in [1.29, 1.82) is 0 Å². The van der Waals surface area contributed by atoms with E-state index in [1.165, 1.54) is 11.3 Å². The van der Waals surface area contributed by atoms with Crippen molar-refractivity contribution in [3.8, 4) is 0 Å². The Labute approximate surface area is 125 Å². The molecule has 0 saturated carbocycles. The molecule has 108 valence electrons. The smallest absolute Gasteiger partial charge is 0.246 e. The van der Waals surface area contributed by atoms with Crippen molar-refractivity contribution in [1.82, 2.24) is 0 Å². The number of hydrogen-bond donors (Lipinski definition) is 0. The first-order chi connectivity index (χ1) is 10.2. The van der Waals surface area contributed by atoms with E-state index < -0.39 is 0 Å². The fourth-order valence-corrected chi connectivity index (χ4v) is 2.92. The van der Waals surface area contributed by atoms with E-state index in [0.29, 0.717) is 12.6 Å². The minimum absolute atomic E-state index is 0.116. The Morgan fingerprint density at radius 3 is 2.57 bits per heavy atom. The van der Waals surface area contributed by atoms with Gasteiger partial charge < -0.3 is 9.80 Å². The average Bonchev–Trinajstić information content (AvgIpc) is 2.83. The molecular weight excluding hydrogens is 260 g/mol. The van der Waals surface area contributed by atoms with E-state index in [2.05, 4.69) is 30.0 Å². The molecule has 0 aliphatic carbocycles. The van der Waals surface area contributed by atoms with Gasteiger partial charge in [-0.05, 0) is 37.1 Å². The Kier molecular flexibility index (Phi) is 3.65. The van der Waals surface area contributed by atoms with E-state index in [4.69, 9.17) is 0 Å². The van der Waals surface area contributed by atoms with Crippen LogP contribution in [0.3, 0.4) is 0 Å². The number of rotatable bonds is 3. The maximum absolute atomic E-state index is 12.5. The van der Waals surface area contributed by atoms with E-state index in [-0.39, 0.29) is 5.91 Å². The van der Waals surface area contributed by atoms with Gasteiger partial charge in [-0.25, -0.2) is 0 Å². The summed E-state index contributed by atoms with van der Waals surface area (Å²) in [6.45, 7) is 2.60. The van der Waals surface area contributed by atoms with Gasteiger partial charge in [-0.1, -0.05) is 36.4 Å². The van der Waals surface area contributed by atoms with Crippen molar-refractivity contribution in [3.63, 3.8) is 0 Å². The van der Waals surface area contributed by atoms with Crippen LogP contribution >= 0.6 is 0 Å². The predicted molar refractivity (Wildman–Crippen MR) is 86.8 cm³/mol. The Morgan fingerprint density at radius 1 is 1.14 bits per heavy atom. The van der Waals surface area contributed by atoms with Crippen LogP contribution in [0.25, 0.3) is 0 Å². The molecule has 0 N–H and O–H groups in total. The van der Waals surface area contributed by atoms with E-state index in [9.17, 15) is 4.79 Å².